The number of hydrogen-bond donors (Lipinski definition) is 1. The Balaban J connectivity index is 1.43. The van der Waals surface area contributed by atoms with Crippen molar-refractivity contribution in [1.82, 2.24) is 9.80 Å². The Bertz CT molecular complexity index is 928. The van der Waals surface area contributed by atoms with Crippen molar-refractivity contribution in [3.05, 3.63) is 64.6 Å². The number of halogens is 1. The largest absolute Gasteiger partial charge is 0.491 e. The smallest absolute Gasteiger partial charge is 0.237 e. The number of aliphatic hydroxyl groups excluding tert-OH is 1. The van der Waals surface area contributed by atoms with Crippen molar-refractivity contribution in [2.45, 2.75) is 44.2 Å². The highest BCUT2D eigenvalue weighted by atomic mass is 32.1. The van der Waals surface area contributed by atoms with E-state index in [4.69, 9.17) is 4.74 Å². The third kappa shape index (κ3) is 6.65. The van der Waals surface area contributed by atoms with Gasteiger partial charge in [0, 0.05) is 24.5 Å². The SMILES string of the molecule is C=CCC[C@@H](O)CN(CC(=O)N1CCc2sccc2[C@H]1COc1ccc(F)cc1)CC1CC1. The number of carbonyl (C=O) groups excluding carboxylic acids is 1. The number of rotatable bonds is 12. The third-order valence-corrected chi connectivity index (χ3v) is 7.38. The molecule has 1 aromatic heterocycles. The molecule has 5 nitrogen and oxygen atoms in total. The highest BCUT2D eigenvalue weighted by Crippen LogP contribution is 2.34. The van der Waals surface area contributed by atoms with Crippen LogP contribution >= 0.6 is 11.3 Å². The molecule has 1 saturated carbocycles. The topological polar surface area (TPSA) is 53.0 Å². The second-order valence-electron chi connectivity index (χ2n) is 9.07. The molecule has 2 aromatic rings. The molecule has 2 atom stereocenters. The minimum atomic E-state index is -0.461. The van der Waals surface area contributed by atoms with Gasteiger partial charge in [-0.2, -0.15) is 0 Å². The molecule has 0 saturated heterocycles. The lowest BCUT2D eigenvalue weighted by Gasteiger charge is -2.37. The second kappa shape index (κ2) is 11.3. The Hall–Kier alpha value is -2.22. The van der Waals surface area contributed by atoms with Gasteiger partial charge < -0.3 is 14.7 Å². The zero-order chi connectivity index (χ0) is 23.2. The van der Waals surface area contributed by atoms with Crippen LogP contribution in [0.4, 0.5) is 4.39 Å². The van der Waals surface area contributed by atoms with Crippen LogP contribution in [-0.4, -0.2) is 59.7 Å². The molecule has 0 unspecified atom stereocenters. The average Bonchev–Trinajstić information content (AvgIpc) is 3.48. The first kappa shape index (κ1) is 23.9. The van der Waals surface area contributed by atoms with Gasteiger partial charge in [0.1, 0.15) is 18.2 Å². The molecule has 2 aliphatic rings. The van der Waals surface area contributed by atoms with Crippen molar-refractivity contribution in [3.63, 3.8) is 0 Å². The molecule has 0 bridgehead atoms. The normalized spacial score (nSPS) is 18.8. The van der Waals surface area contributed by atoms with Crippen molar-refractivity contribution in [2.24, 2.45) is 5.92 Å². The van der Waals surface area contributed by atoms with Crippen molar-refractivity contribution in [1.29, 1.82) is 0 Å². The lowest BCUT2D eigenvalue weighted by Crippen LogP contribution is -2.48. The average molecular weight is 473 g/mol. The van der Waals surface area contributed by atoms with E-state index in [-0.39, 0.29) is 17.8 Å². The van der Waals surface area contributed by atoms with Crippen LogP contribution in [0.1, 0.15) is 42.2 Å². The summed E-state index contributed by atoms with van der Waals surface area (Å²) in [6.45, 7) is 6.36. The summed E-state index contributed by atoms with van der Waals surface area (Å²) in [6, 6.07) is 7.89. The van der Waals surface area contributed by atoms with E-state index in [1.807, 2.05) is 11.0 Å². The van der Waals surface area contributed by atoms with Gasteiger partial charge in [0.05, 0.1) is 18.7 Å². The van der Waals surface area contributed by atoms with Crippen molar-refractivity contribution >= 4 is 17.2 Å². The van der Waals surface area contributed by atoms with Crippen LogP contribution in [0.15, 0.2) is 48.4 Å². The number of benzene rings is 1. The summed E-state index contributed by atoms with van der Waals surface area (Å²) in [7, 11) is 0. The summed E-state index contributed by atoms with van der Waals surface area (Å²) in [4.78, 5) is 18.8. The predicted octanol–water partition coefficient (Wildman–Crippen LogP) is 4.43. The fourth-order valence-electron chi connectivity index (χ4n) is 4.43. The lowest BCUT2D eigenvalue weighted by molar-refractivity contribution is -0.136. The lowest BCUT2D eigenvalue weighted by atomic mass is 10.0. The molecule has 178 valence electrons. The van der Waals surface area contributed by atoms with E-state index in [1.54, 1.807) is 23.5 Å². The summed E-state index contributed by atoms with van der Waals surface area (Å²) in [5.74, 6) is 0.984. The number of nitrogens with zero attached hydrogens (tertiary/aromatic N) is 2. The molecule has 1 fully saturated rings. The monoisotopic (exact) mass is 472 g/mol. The number of aliphatic hydroxyl groups is 1. The van der Waals surface area contributed by atoms with E-state index < -0.39 is 6.10 Å². The Kier molecular flexibility index (Phi) is 8.17. The summed E-state index contributed by atoms with van der Waals surface area (Å²) in [5.41, 5.74) is 1.14. The molecule has 1 amide bonds. The number of carbonyl (C=O) groups is 1. The molecular formula is C26H33FN2O3S. The van der Waals surface area contributed by atoms with Crippen LogP contribution in [0.25, 0.3) is 0 Å². The zero-order valence-corrected chi connectivity index (χ0v) is 19.8. The van der Waals surface area contributed by atoms with Gasteiger partial charge in [-0.3, -0.25) is 9.69 Å². The third-order valence-electron chi connectivity index (χ3n) is 6.38. The van der Waals surface area contributed by atoms with E-state index in [0.29, 0.717) is 44.3 Å². The summed E-state index contributed by atoms with van der Waals surface area (Å²) in [5, 5.41) is 12.5. The Morgan fingerprint density at radius 2 is 2.12 bits per heavy atom. The maximum absolute atomic E-state index is 13.5. The van der Waals surface area contributed by atoms with E-state index >= 15 is 0 Å². The van der Waals surface area contributed by atoms with Crippen molar-refractivity contribution < 1.29 is 19.0 Å². The fraction of sp³-hybridized carbons (Fsp3) is 0.500. The quantitative estimate of drug-likeness (QED) is 0.465. The molecule has 0 spiro atoms. The zero-order valence-electron chi connectivity index (χ0n) is 19.0. The minimum Gasteiger partial charge on any atom is -0.491 e. The van der Waals surface area contributed by atoms with Gasteiger partial charge in [0.25, 0.3) is 0 Å². The molecule has 4 rings (SSSR count). The van der Waals surface area contributed by atoms with Gasteiger partial charge in [-0.1, -0.05) is 6.08 Å². The second-order valence-corrected chi connectivity index (χ2v) is 10.1. The van der Waals surface area contributed by atoms with Crippen LogP contribution in [0.5, 0.6) is 5.75 Å². The van der Waals surface area contributed by atoms with Gasteiger partial charge in [-0.05, 0) is 79.3 Å². The van der Waals surface area contributed by atoms with Gasteiger partial charge in [0.2, 0.25) is 5.91 Å². The fourth-order valence-corrected chi connectivity index (χ4v) is 5.36. The Labute approximate surface area is 199 Å². The van der Waals surface area contributed by atoms with Gasteiger partial charge >= 0.3 is 0 Å². The Morgan fingerprint density at radius 3 is 2.85 bits per heavy atom. The standard InChI is InChI=1S/C26H33FN2O3S/c1-2-3-4-21(30)16-28(15-19-5-6-19)17-26(31)29-13-11-25-23(12-14-33-25)24(29)18-32-22-9-7-20(27)8-10-22/h2,7-10,12,14,19,21,24,30H,1,3-6,11,13,15-18H2/t21-,24-/m1/s1. The van der Waals surface area contributed by atoms with Crippen LogP contribution in [0.2, 0.25) is 0 Å². The first-order valence-corrected chi connectivity index (χ1v) is 12.7. The molecule has 1 aromatic carbocycles. The minimum absolute atomic E-state index is 0.0659. The Morgan fingerprint density at radius 1 is 1.33 bits per heavy atom. The number of hydrogen-bond acceptors (Lipinski definition) is 5. The number of fused-ring (bicyclic) bond motifs is 1. The number of allylic oxidation sites excluding steroid dienone is 1. The summed E-state index contributed by atoms with van der Waals surface area (Å²) < 4.78 is 19.2. The van der Waals surface area contributed by atoms with Crippen LogP contribution < -0.4 is 4.74 Å². The van der Waals surface area contributed by atoms with Gasteiger partial charge in [-0.25, -0.2) is 4.39 Å². The molecule has 1 N–H and O–H groups in total. The van der Waals surface area contributed by atoms with Crippen molar-refractivity contribution in [3.8, 4) is 5.75 Å². The molecule has 1 aliphatic carbocycles. The molecular weight excluding hydrogens is 439 g/mol. The molecule has 7 heteroatoms. The van der Waals surface area contributed by atoms with E-state index in [1.165, 1.54) is 29.9 Å². The van der Waals surface area contributed by atoms with Gasteiger partial charge in [-0.15, -0.1) is 17.9 Å². The molecule has 1 aliphatic heterocycles. The molecule has 33 heavy (non-hydrogen) atoms. The van der Waals surface area contributed by atoms with Crippen LogP contribution in [0.3, 0.4) is 0 Å². The van der Waals surface area contributed by atoms with Gasteiger partial charge in [0.15, 0.2) is 0 Å². The van der Waals surface area contributed by atoms with Crippen LogP contribution in [0, 0.1) is 11.7 Å². The molecule has 2 heterocycles. The summed E-state index contributed by atoms with van der Waals surface area (Å²) >= 11 is 1.72. The highest BCUT2D eigenvalue weighted by Gasteiger charge is 2.34. The van der Waals surface area contributed by atoms with E-state index in [2.05, 4.69) is 22.9 Å². The maximum atomic E-state index is 13.5. The molecule has 0 radical (unpaired) electrons. The predicted molar refractivity (Wildman–Crippen MR) is 129 cm³/mol. The first-order valence-electron chi connectivity index (χ1n) is 11.8. The first-order chi connectivity index (χ1) is 16.0. The van der Waals surface area contributed by atoms with Crippen LogP contribution in [-0.2, 0) is 11.2 Å². The summed E-state index contributed by atoms with van der Waals surface area (Å²) in [6.07, 6.45) is 6.02. The van der Waals surface area contributed by atoms with E-state index in [9.17, 15) is 14.3 Å². The number of amides is 1. The van der Waals surface area contributed by atoms with Crippen molar-refractivity contribution in [2.75, 3.05) is 32.8 Å². The maximum Gasteiger partial charge on any atom is 0.237 e. The van der Waals surface area contributed by atoms with E-state index in [0.717, 1.165) is 24.9 Å². The highest BCUT2D eigenvalue weighted by molar-refractivity contribution is 7.10. The number of ether oxygens (including phenoxy) is 1. The number of thiophene rings is 1.